The van der Waals surface area contributed by atoms with Crippen LogP contribution in [0.2, 0.25) is 0 Å². The lowest BCUT2D eigenvalue weighted by Gasteiger charge is -2.08. The molecule has 0 saturated heterocycles. The predicted molar refractivity (Wildman–Crippen MR) is 95.0 cm³/mol. The highest BCUT2D eigenvalue weighted by Gasteiger charge is 2.23. The number of benzene rings is 2. The molecule has 0 spiro atoms. The van der Waals surface area contributed by atoms with Crippen molar-refractivity contribution in [1.82, 2.24) is 0 Å². The van der Waals surface area contributed by atoms with Gasteiger partial charge in [-0.25, -0.2) is 4.79 Å². The maximum atomic E-state index is 12.8. The van der Waals surface area contributed by atoms with Crippen molar-refractivity contribution in [1.29, 1.82) is 0 Å². The molecule has 0 radical (unpaired) electrons. The molecule has 1 aliphatic rings. The van der Waals surface area contributed by atoms with Gasteiger partial charge in [-0.2, -0.15) is 0 Å². The molecule has 1 heterocycles. The van der Waals surface area contributed by atoms with E-state index >= 15 is 0 Å². The van der Waals surface area contributed by atoms with E-state index in [1.807, 2.05) is 18.2 Å². The lowest BCUT2D eigenvalue weighted by Crippen LogP contribution is -2.10. The minimum absolute atomic E-state index is 0.136. The molecule has 0 fully saturated rings. The highest BCUT2D eigenvalue weighted by molar-refractivity contribution is 6.12. The number of rotatable bonds is 5. The van der Waals surface area contributed by atoms with Gasteiger partial charge in [0.05, 0.1) is 17.7 Å². The van der Waals surface area contributed by atoms with Crippen LogP contribution in [0.1, 0.15) is 51.6 Å². The molecule has 4 heteroatoms. The summed E-state index contributed by atoms with van der Waals surface area (Å²) in [4.78, 5) is 25.0. The molecule has 1 aliphatic heterocycles. The van der Waals surface area contributed by atoms with Gasteiger partial charge in [-0.05, 0) is 37.1 Å². The van der Waals surface area contributed by atoms with Gasteiger partial charge in [-0.3, -0.25) is 4.79 Å². The Morgan fingerprint density at radius 1 is 1.16 bits per heavy atom. The Labute approximate surface area is 147 Å². The van der Waals surface area contributed by atoms with Crippen LogP contribution in [0.3, 0.4) is 0 Å². The third-order valence-corrected chi connectivity index (χ3v) is 4.03. The summed E-state index contributed by atoms with van der Waals surface area (Å²) in [6.07, 6.45) is 5.67. The number of carbonyl (C=O) groups excluding carboxylic acids is 2. The second-order valence-corrected chi connectivity index (χ2v) is 5.79. The van der Waals surface area contributed by atoms with E-state index in [1.165, 1.54) is 0 Å². The molecule has 0 N–H and O–H groups in total. The number of esters is 1. The molecule has 0 aromatic heterocycles. The maximum Gasteiger partial charge on any atom is 0.338 e. The van der Waals surface area contributed by atoms with Crippen LogP contribution < -0.4 is 4.74 Å². The first-order valence-corrected chi connectivity index (χ1v) is 8.42. The van der Waals surface area contributed by atoms with E-state index in [2.05, 4.69) is 6.92 Å². The number of carbonyl (C=O) groups is 2. The Balaban J connectivity index is 1.79. The predicted octanol–water partition coefficient (Wildman–Crippen LogP) is 4.32. The number of hydrogen-bond acceptors (Lipinski definition) is 4. The summed E-state index contributed by atoms with van der Waals surface area (Å²) in [7, 11) is 0. The minimum Gasteiger partial charge on any atom is -0.488 e. The van der Waals surface area contributed by atoms with E-state index in [4.69, 9.17) is 9.47 Å². The summed E-state index contributed by atoms with van der Waals surface area (Å²) in [5.41, 5.74) is 2.15. The van der Waals surface area contributed by atoms with Gasteiger partial charge in [0.25, 0.3) is 0 Å². The number of fused-ring (bicyclic) bond motifs is 2. The average molecular weight is 336 g/mol. The molecule has 0 amide bonds. The average Bonchev–Trinajstić information content (AvgIpc) is 2.78. The van der Waals surface area contributed by atoms with Crippen LogP contribution in [0.25, 0.3) is 0 Å². The molecule has 2 aromatic carbocycles. The Bertz CT molecular complexity index is 820. The number of ether oxygens (including phenoxy) is 2. The van der Waals surface area contributed by atoms with Crippen molar-refractivity contribution in [3.8, 4) is 5.75 Å². The molecule has 3 rings (SSSR count). The first kappa shape index (κ1) is 17.0. The summed E-state index contributed by atoms with van der Waals surface area (Å²) >= 11 is 0. The van der Waals surface area contributed by atoms with Crippen LogP contribution in [0, 0.1) is 0 Å². The van der Waals surface area contributed by atoms with Crippen LogP contribution >= 0.6 is 0 Å². The minimum atomic E-state index is -0.418. The van der Waals surface area contributed by atoms with Crippen LogP contribution in [0.15, 0.2) is 54.6 Å². The number of hydrogen-bond donors (Lipinski definition) is 0. The van der Waals surface area contributed by atoms with Gasteiger partial charge in [-0.1, -0.05) is 37.3 Å². The van der Waals surface area contributed by atoms with Crippen LogP contribution in [0.5, 0.6) is 5.75 Å². The summed E-state index contributed by atoms with van der Waals surface area (Å²) < 4.78 is 11.0. The fraction of sp³-hybridized carbons (Fsp3) is 0.238. The molecule has 2 aromatic rings. The molecule has 0 aliphatic carbocycles. The Hall–Kier alpha value is -2.88. The third-order valence-electron chi connectivity index (χ3n) is 4.03. The smallest absolute Gasteiger partial charge is 0.338 e. The highest BCUT2D eigenvalue weighted by Crippen LogP contribution is 2.28. The van der Waals surface area contributed by atoms with Crippen molar-refractivity contribution in [2.45, 2.75) is 26.4 Å². The molecule has 128 valence electrons. The molecule has 25 heavy (non-hydrogen) atoms. The van der Waals surface area contributed by atoms with E-state index in [0.29, 0.717) is 42.1 Å². The van der Waals surface area contributed by atoms with Crippen molar-refractivity contribution in [2.75, 3.05) is 6.61 Å². The van der Waals surface area contributed by atoms with Gasteiger partial charge in [0.2, 0.25) is 0 Å². The fourth-order valence-corrected chi connectivity index (χ4v) is 2.71. The van der Waals surface area contributed by atoms with Gasteiger partial charge in [0, 0.05) is 11.1 Å². The van der Waals surface area contributed by atoms with Gasteiger partial charge in [0.15, 0.2) is 5.78 Å². The van der Waals surface area contributed by atoms with Gasteiger partial charge in [-0.15, -0.1) is 0 Å². The lowest BCUT2D eigenvalue weighted by molar-refractivity contribution is 0.0511. The molecule has 0 saturated carbocycles. The summed E-state index contributed by atoms with van der Waals surface area (Å²) in [6.45, 7) is 2.68. The fourth-order valence-electron chi connectivity index (χ4n) is 2.71. The first-order chi connectivity index (χ1) is 12.2. The molecular weight excluding hydrogens is 316 g/mol. The number of para-hydroxylation sites is 1. The quantitative estimate of drug-likeness (QED) is 0.463. The maximum absolute atomic E-state index is 12.8. The van der Waals surface area contributed by atoms with Crippen LogP contribution in [0.4, 0.5) is 0 Å². The van der Waals surface area contributed by atoms with Crippen LogP contribution in [-0.4, -0.2) is 18.4 Å². The van der Waals surface area contributed by atoms with E-state index in [-0.39, 0.29) is 5.78 Å². The molecule has 0 unspecified atom stereocenters. The molecule has 0 bridgehead atoms. The normalized spacial score (nSPS) is 12.9. The van der Waals surface area contributed by atoms with E-state index < -0.39 is 5.97 Å². The second-order valence-electron chi connectivity index (χ2n) is 5.79. The first-order valence-electron chi connectivity index (χ1n) is 8.42. The zero-order valence-electron chi connectivity index (χ0n) is 14.2. The van der Waals surface area contributed by atoms with E-state index in [9.17, 15) is 9.59 Å². The topological polar surface area (TPSA) is 52.6 Å². The molecule has 4 nitrogen and oxygen atoms in total. The van der Waals surface area contributed by atoms with Gasteiger partial charge < -0.3 is 9.47 Å². The monoisotopic (exact) mass is 336 g/mol. The van der Waals surface area contributed by atoms with E-state index in [0.717, 1.165) is 12.0 Å². The SMILES string of the molecule is CC/C=C\CCOC(=O)c1ccc2c(c1)C(=O)c1ccccc1OC2. The van der Waals surface area contributed by atoms with Crippen molar-refractivity contribution >= 4 is 11.8 Å². The van der Waals surface area contributed by atoms with Gasteiger partial charge in [0.1, 0.15) is 12.4 Å². The second kappa shape index (κ2) is 7.79. The number of allylic oxidation sites excluding steroid dienone is 1. The Morgan fingerprint density at radius 3 is 2.84 bits per heavy atom. The van der Waals surface area contributed by atoms with E-state index in [1.54, 1.807) is 36.4 Å². The summed E-state index contributed by atoms with van der Waals surface area (Å²) in [6, 6.07) is 12.2. The number of ketones is 1. The summed E-state index contributed by atoms with van der Waals surface area (Å²) in [5, 5.41) is 0. The zero-order chi connectivity index (χ0) is 17.6. The van der Waals surface area contributed by atoms with Crippen molar-refractivity contribution in [2.24, 2.45) is 0 Å². The van der Waals surface area contributed by atoms with Gasteiger partial charge >= 0.3 is 5.97 Å². The van der Waals surface area contributed by atoms with Crippen LogP contribution in [-0.2, 0) is 11.3 Å². The third kappa shape index (κ3) is 3.79. The highest BCUT2D eigenvalue weighted by atomic mass is 16.5. The zero-order valence-corrected chi connectivity index (χ0v) is 14.2. The Kier molecular flexibility index (Phi) is 5.29. The standard InChI is InChI=1S/C21H20O4/c1-2-3-4-7-12-24-21(23)15-10-11-16-14-25-19-9-6-5-8-17(19)20(22)18(16)13-15/h3-6,8-11,13H,2,7,12,14H2,1H3/b4-3-. The van der Waals surface area contributed by atoms with Crippen molar-refractivity contribution in [3.05, 3.63) is 76.9 Å². The molecular formula is C21H20O4. The van der Waals surface area contributed by atoms with Crippen molar-refractivity contribution < 1.29 is 19.1 Å². The van der Waals surface area contributed by atoms with Crippen molar-refractivity contribution in [3.63, 3.8) is 0 Å². The lowest BCUT2D eigenvalue weighted by atomic mass is 9.97. The molecule has 0 atom stereocenters. The Morgan fingerprint density at radius 2 is 2.00 bits per heavy atom. The largest absolute Gasteiger partial charge is 0.488 e. The summed E-state index contributed by atoms with van der Waals surface area (Å²) in [5.74, 6) is 0.0121.